The second kappa shape index (κ2) is 6.13. The number of rotatable bonds is 5. The summed E-state index contributed by atoms with van der Waals surface area (Å²) < 4.78 is 7.02. The normalized spacial score (nSPS) is 11.8. The fraction of sp³-hybridized carbons (Fsp3) is 0.600. The van der Waals surface area contributed by atoms with Crippen LogP contribution in [0.25, 0.3) is 0 Å². The van der Waals surface area contributed by atoms with E-state index in [2.05, 4.69) is 40.7 Å². The van der Waals surface area contributed by atoms with Crippen LogP contribution in [0.1, 0.15) is 0 Å². The molecule has 0 amide bonds. The van der Waals surface area contributed by atoms with Gasteiger partial charge in [0.05, 0.1) is 11.2 Å². The van der Waals surface area contributed by atoms with Crippen molar-refractivity contribution in [2.45, 2.75) is 32.4 Å². The third-order valence-electron chi connectivity index (χ3n) is 2.15. The molecule has 0 unspecified atom stereocenters. The van der Waals surface area contributed by atoms with Gasteiger partial charge >= 0.3 is 0 Å². The second-order valence-electron chi connectivity index (χ2n) is 4.96. The van der Waals surface area contributed by atoms with Crippen LogP contribution in [0.4, 0.5) is 0 Å². The lowest BCUT2D eigenvalue weighted by Crippen LogP contribution is -2.26. The van der Waals surface area contributed by atoms with E-state index < -0.39 is 8.07 Å². The SMILES string of the molecule is C[Si](C)(C)CCOCn1ncc(Cl)c(Br)c1=O. The molecule has 17 heavy (non-hydrogen) atoms. The van der Waals surface area contributed by atoms with Crippen LogP contribution >= 0.6 is 27.5 Å². The van der Waals surface area contributed by atoms with E-state index in [4.69, 9.17) is 16.3 Å². The van der Waals surface area contributed by atoms with Crippen molar-refractivity contribution in [3.8, 4) is 0 Å². The molecule has 0 aliphatic heterocycles. The van der Waals surface area contributed by atoms with E-state index in [9.17, 15) is 4.79 Å². The van der Waals surface area contributed by atoms with Gasteiger partial charge in [0.15, 0.2) is 0 Å². The van der Waals surface area contributed by atoms with Gasteiger partial charge in [0, 0.05) is 14.7 Å². The summed E-state index contributed by atoms with van der Waals surface area (Å²) >= 11 is 8.87. The molecule has 0 fully saturated rings. The van der Waals surface area contributed by atoms with Gasteiger partial charge in [-0.25, -0.2) is 4.68 Å². The lowest BCUT2D eigenvalue weighted by molar-refractivity contribution is 0.0748. The second-order valence-corrected chi connectivity index (χ2v) is 11.8. The molecule has 0 saturated heterocycles. The molecule has 0 bridgehead atoms. The lowest BCUT2D eigenvalue weighted by atomic mass is 10.6. The average molecular weight is 340 g/mol. The van der Waals surface area contributed by atoms with Gasteiger partial charge in [-0.2, -0.15) is 5.10 Å². The van der Waals surface area contributed by atoms with Gasteiger partial charge in [0.1, 0.15) is 11.2 Å². The molecule has 4 nitrogen and oxygen atoms in total. The Bertz CT molecular complexity index is 445. The monoisotopic (exact) mass is 338 g/mol. The fourth-order valence-corrected chi connectivity index (χ4v) is 2.25. The van der Waals surface area contributed by atoms with Crippen LogP contribution < -0.4 is 5.56 Å². The minimum atomic E-state index is -1.09. The van der Waals surface area contributed by atoms with Crippen molar-refractivity contribution in [3.05, 3.63) is 26.0 Å². The first-order valence-electron chi connectivity index (χ1n) is 5.30. The van der Waals surface area contributed by atoms with Gasteiger partial charge in [-0.1, -0.05) is 31.2 Å². The Morgan fingerprint density at radius 3 is 2.76 bits per heavy atom. The van der Waals surface area contributed by atoms with E-state index >= 15 is 0 Å². The van der Waals surface area contributed by atoms with Crippen molar-refractivity contribution < 1.29 is 4.74 Å². The van der Waals surface area contributed by atoms with Gasteiger partial charge in [-0.15, -0.1) is 0 Å². The van der Waals surface area contributed by atoms with Crippen molar-refractivity contribution in [1.29, 1.82) is 0 Å². The Labute approximate surface area is 115 Å². The lowest BCUT2D eigenvalue weighted by Gasteiger charge is -2.15. The van der Waals surface area contributed by atoms with Crippen molar-refractivity contribution in [3.63, 3.8) is 0 Å². The van der Waals surface area contributed by atoms with E-state index in [1.54, 1.807) is 0 Å². The molecule has 0 spiro atoms. The highest BCUT2D eigenvalue weighted by molar-refractivity contribution is 9.10. The third-order valence-corrected chi connectivity index (χ3v) is 5.14. The van der Waals surface area contributed by atoms with Gasteiger partial charge < -0.3 is 4.74 Å². The first-order chi connectivity index (χ1) is 7.81. The third kappa shape index (κ3) is 4.91. The summed E-state index contributed by atoms with van der Waals surface area (Å²) in [5.41, 5.74) is -0.273. The summed E-state index contributed by atoms with van der Waals surface area (Å²) in [6, 6.07) is 1.07. The van der Waals surface area contributed by atoms with Crippen LogP contribution in [-0.2, 0) is 11.5 Å². The zero-order valence-corrected chi connectivity index (χ0v) is 13.5. The number of aromatic nitrogens is 2. The van der Waals surface area contributed by atoms with Crippen molar-refractivity contribution in [1.82, 2.24) is 9.78 Å². The Kier molecular flexibility index (Phi) is 5.37. The molecular weight excluding hydrogens is 324 g/mol. The Morgan fingerprint density at radius 1 is 1.53 bits per heavy atom. The Hall–Kier alpha value is -0.173. The highest BCUT2D eigenvalue weighted by Crippen LogP contribution is 2.15. The minimum absolute atomic E-state index is 0.166. The minimum Gasteiger partial charge on any atom is -0.359 e. The molecule has 0 aliphatic rings. The predicted octanol–water partition coefficient (Wildman–Crippen LogP) is 2.97. The molecule has 0 aliphatic carbocycles. The standard InChI is InChI=1S/C10H16BrClN2O2Si/c1-17(2,3)5-4-16-7-14-10(15)9(11)8(12)6-13-14/h6H,4-5,7H2,1-3H3. The van der Waals surface area contributed by atoms with E-state index in [0.717, 1.165) is 6.04 Å². The number of hydrogen-bond acceptors (Lipinski definition) is 3. The molecule has 1 rings (SSSR count). The molecule has 1 aromatic rings. The first kappa shape index (κ1) is 14.9. The maximum Gasteiger partial charge on any atom is 0.284 e. The largest absolute Gasteiger partial charge is 0.359 e. The maximum atomic E-state index is 11.7. The number of nitrogens with zero attached hydrogens (tertiary/aromatic N) is 2. The van der Waals surface area contributed by atoms with Gasteiger partial charge in [0.25, 0.3) is 5.56 Å². The van der Waals surface area contributed by atoms with Crippen molar-refractivity contribution in [2.75, 3.05) is 6.61 Å². The molecule has 0 radical (unpaired) electrons. The number of halogens is 2. The summed E-state index contributed by atoms with van der Waals surface area (Å²) in [7, 11) is -1.09. The van der Waals surface area contributed by atoms with Crippen LogP contribution in [0.5, 0.6) is 0 Å². The van der Waals surface area contributed by atoms with E-state index in [-0.39, 0.29) is 12.3 Å². The predicted molar refractivity (Wildman–Crippen MR) is 75.3 cm³/mol. The Morgan fingerprint density at radius 2 is 2.18 bits per heavy atom. The molecule has 0 atom stereocenters. The highest BCUT2D eigenvalue weighted by Gasteiger charge is 2.12. The molecule has 0 N–H and O–H groups in total. The molecule has 0 saturated carbocycles. The van der Waals surface area contributed by atoms with Crippen LogP contribution in [0.3, 0.4) is 0 Å². The number of hydrogen-bond donors (Lipinski definition) is 0. The smallest absolute Gasteiger partial charge is 0.284 e. The van der Waals surface area contributed by atoms with Gasteiger partial charge in [-0.3, -0.25) is 4.79 Å². The molecule has 1 aromatic heterocycles. The topological polar surface area (TPSA) is 44.1 Å². The van der Waals surface area contributed by atoms with Gasteiger partial charge in [0.2, 0.25) is 0 Å². The van der Waals surface area contributed by atoms with Crippen LogP contribution in [-0.4, -0.2) is 24.5 Å². The van der Waals surface area contributed by atoms with E-state index in [1.165, 1.54) is 10.9 Å². The van der Waals surface area contributed by atoms with Gasteiger partial charge in [-0.05, 0) is 22.0 Å². The summed E-state index contributed by atoms with van der Waals surface area (Å²) in [6.07, 6.45) is 1.43. The maximum absolute atomic E-state index is 11.7. The molecule has 96 valence electrons. The quantitative estimate of drug-likeness (QED) is 0.612. The summed E-state index contributed by atoms with van der Waals surface area (Å²) in [4.78, 5) is 11.7. The molecule has 7 heteroatoms. The number of ether oxygens (including phenoxy) is 1. The van der Waals surface area contributed by atoms with E-state index in [1.807, 2.05) is 0 Å². The average Bonchev–Trinajstić information content (AvgIpc) is 2.22. The van der Waals surface area contributed by atoms with Crippen molar-refractivity contribution in [2.24, 2.45) is 0 Å². The first-order valence-corrected chi connectivity index (χ1v) is 10.2. The van der Waals surface area contributed by atoms with Crippen LogP contribution in [0.2, 0.25) is 30.7 Å². The zero-order valence-electron chi connectivity index (χ0n) is 10.2. The van der Waals surface area contributed by atoms with Crippen LogP contribution in [0, 0.1) is 0 Å². The van der Waals surface area contributed by atoms with E-state index in [0.29, 0.717) is 16.1 Å². The Balaban J connectivity index is 2.54. The molecular formula is C10H16BrClN2O2Si. The molecule has 0 aromatic carbocycles. The zero-order chi connectivity index (χ0) is 13.1. The van der Waals surface area contributed by atoms with Crippen molar-refractivity contribution >= 4 is 35.6 Å². The summed E-state index contributed by atoms with van der Waals surface area (Å²) in [6.45, 7) is 7.65. The summed E-state index contributed by atoms with van der Waals surface area (Å²) in [5.74, 6) is 0. The highest BCUT2D eigenvalue weighted by atomic mass is 79.9. The fourth-order valence-electron chi connectivity index (χ4n) is 1.07. The molecule has 1 heterocycles. The summed E-state index contributed by atoms with van der Waals surface area (Å²) in [5, 5.41) is 4.21. The van der Waals surface area contributed by atoms with Crippen LogP contribution in [0.15, 0.2) is 15.5 Å².